The zero-order chi connectivity index (χ0) is 12.6. The van der Waals surface area contributed by atoms with Gasteiger partial charge in [-0.3, -0.25) is 4.18 Å². The lowest BCUT2D eigenvalue weighted by atomic mass is 10.4. The number of esters is 1. The van der Waals surface area contributed by atoms with Crippen LogP contribution in [0.5, 0.6) is 0 Å². The number of rotatable bonds is 8. The smallest absolute Gasteiger partial charge is 0.333 e. The Hall–Kier alpha value is -0.880. The molecule has 0 saturated carbocycles. The Morgan fingerprint density at radius 1 is 1.31 bits per heavy atom. The van der Waals surface area contributed by atoms with Crippen molar-refractivity contribution >= 4 is 16.1 Å². The molecule has 5 nitrogen and oxygen atoms in total. The van der Waals surface area contributed by atoms with E-state index in [1.165, 1.54) is 6.92 Å². The van der Waals surface area contributed by atoms with Crippen LogP contribution in [0.1, 0.15) is 26.7 Å². The molecule has 0 amide bonds. The molecule has 0 saturated heterocycles. The van der Waals surface area contributed by atoms with Gasteiger partial charge in [-0.05, 0) is 19.8 Å². The average molecular weight is 250 g/mol. The third-order valence-electron chi connectivity index (χ3n) is 1.59. The fraction of sp³-hybridized carbons (Fsp3) is 0.700. The highest BCUT2D eigenvalue weighted by Gasteiger charge is 2.11. The van der Waals surface area contributed by atoms with Crippen molar-refractivity contribution < 1.29 is 22.1 Å². The Morgan fingerprint density at radius 3 is 2.44 bits per heavy atom. The fourth-order valence-electron chi connectivity index (χ4n) is 0.793. The van der Waals surface area contributed by atoms with Crippen LogP contribution in [0.25, 0.3) is 0 Å². The Labute approximate surface area is 96.6 Å². The minimum absolute atomic E-state index is 0.0560. The van der Waals surface area contributed by atoms with E-state index < -0.39 is 16.1 Å². The van der Waals surface area contributed by atoms with Crippen LogP contribution >= 0.6 is 0 Å². The van der Waals surface area contributed by atoms with Gasteiger partial charge >= 0.3 is 5.97 Å². The molecule has 0 fully saturated rings. The van der Waals surface area contributed by atoms with E-state index in [0.717, 1.165) is 0 Å². The molecule has 0 aliphatic carbocycles. The molecule has 6 heteroatoms. The molecule has 94 valence electrons. The second kappa shape index (κ2) is 7.40. The van der Waals surface area contributed by atoms with Gasteiger partial charge in [0.2, 0.25) is 0 Å². The van der Waals surface area contributed by atoms with Crippen LogP contribution in [0.4, 0.5) is 0 Å². The zero-order valence-electron chi connectivity index (χ0n) is 9.69. The highest BCUT2D eigenvalue weighted by atomic mass is 32.2. The van der Waals surface area contributed by atoms with Crippen LogP contribution in [-0.2, 0) is 23.8 Å². The standard InChI is InChI=1S/C10H18O5S/c1-4-6-15-16(12,13)8-5-7-14-10(11)9(2)3/h2,4-8H2,1,3H3. The first-order valence-corrected chi connectivity index (χ1v) is 6.66. The zero-order valence-corrected chi connectivity index (χ0v) is 10.5. The second-order valence-electron chi connectivity index (χ2n) is 3.35. The average Bonchev–Trinajstić information content (AvgIpc) is 2.21. The summed E-state index contributed by atoms with van der Waals surface area (Å²) >= 11 is 0. The van der Waals surface area contributed by atoms with Gasteiger partial charge in [0.15, 0.2) is 0 Å². The quantitative estimate of drug-likeness (QED) is 0.281. The van der Waals surface area contributed by atoms with Gasteiger partial charge in [-0.2, -0.15) is 8.42 Å². The van der Waals surface area contributed by atoms with Crippen molar-refractivity contribution in [2.45, 2.75) is 26.7 Å². The van der Waals surface area contributed by atoms with Crippen molar-refractivity contribution in [1.29, 1.82) is 0 Å². The Balaban J connectivity index is 3.74. The van der Waals surface area contributed by atoms with Crippen LogP contribution in [0.15, 0.2) is 12.2 Å². The number of carbonyl (C=O) groups excluding carboxylic acids is 1. The first-order chi connectivity index (χ1) is 7.39. The topological polar surface area (TPSA) is 69.7 Å². The molecule has 0 spiro atoms. The van der Waals surface area contributed by atoms with E-state index in [2.05, 4.69) is 10.8 Å². The monoisotopic (exact) mass is 250 g/mol. The second-order valence-corrected chi connectivity index (χ2v) is 5.11. The van der Waals surface area contributed by atoms with Crippen molar-refractivity contribution in [1.82, 2.24) is 0 Å². The van der Waals surface area contributed by atoms with Gasteiger partial charge in [-0.15, -0.1) is 0 Å². The summed E-state index contributed by atoms with van der Waals surface area (Å²) in [5, 5.41) is 0. The van der Waals surface area contributed by atoms with E-state index >= 15 is 0 Å². The van der Waals surface area contributed by atoms with Crippen LogP contribution < -0.4 is 0 Å². The minimum Gasteiger partial charge on any atom is -0.462 e. The third-order valence-corrected chi connectivity index (χ3v) is 2.90. The van der Waals surface area contributed by atoms with Gasteiger partial charge in [0, 0.05) is 5.57 Å². The predicted octanol–water partition coefficient (Wildman–Crippen LogP) is 1.25. The van der Waals surface area contributed by atoms with Crippen LogP contribution in [0.2, 0.25) is 0 Å². The molecule has 0 N–H and O–H groups in total. The Bertz CT molecular complexity index is 331. The first-order valence-electron chi connectivity index (χ1n) is 5.08. The minimum atomic E-state index is -3.48. The Morgan fingerprint density at radius 2 is 1.94 bits per heavy atom. The molecular weight excluding hydrogens is 232 g/mol. The molecule has 0 aromatic rings. The molecule has 0 heterocycles. The van der Waals surface area contributed by atoms with Gasteiger partial charge in [-0.1, -0.05) is 13.5 Å². The summed E-state index contributed by atoms with van der Waals surface area (Å²) in [6.45, 7) is 7.00. The number of carbonyl (C=O) groups is 1. The molecular formula is C10H18O5S. The summed E-state index contributed by atoms with van der Waals surface area (Å²) in [7, 11) is -3.48. The van der Waals surface area contributed by atoms with Crippen LogP contribution in [-0.4, -0.2) is 33.4 Å². The molecule has 0 aliphatic rings. The van der Waals surface area contributed by atoms with E-state index in [0.29, 0.717) is 12.0 Å². The molecule has 0 bridgehead atoms. The highest BCUT2D eigenvalue weighted by molar-refractivity contribution is 7.86. The summed E-state index contributed by atoms with van der Waals surface area (Å²) in [6.07, 6.45) is 0.870. The van der Waals surface area contributed by atoms with Crippen molar-refractivity contribution in [2.24, 2.45) is 0 Å². The maximum Gasteiger partial charge on any atom is 0.333 e. The highest BCUT2D eigenvalue weighted by Crippen LogP contribution is 1.99. The van der Waals surface area contributed by atoms with Gasteiger partial charge in [0.05, 0.1) is 19.0 Å². The van der Waals surface area contributed by atoms with E-state index in [4.69, 9.17) is 4.74 Å². The Kier molecular flexibility index (Phi) is 7.00. The third kappa shape index (κ3) is 7.42. The summed E-state index contributed by atoms with van der Waals surface area (Å²) in [5.41, 5.74) is 0.296. The largest absolute Gasteiger partial charge is 0.462 e. The maximum atomic E-state index is 11.2. The maximum absolute atomic E-state index is 11.2. The van der Waals surface area contributed by atoms with Crippen molar-refractivity contribution in [3.05, 3.63) is 12.2 Å². The lowest BCUT2D eigenvalue weighted by Gasteiger charge is -2.05. The SMILES string of the molecule is C=C(C)C(=O)OCCCS(=O)(=O)OCCC. The summed E-state index contributed by atoms with van der Waals surface area (Å²) in [6, 6.07) is 0. The summed E-state index contributed by atoms with van der Waals surface area (Å²) in [5.74, 6) is -0.650. The normalized spacial score (nSPS) is 11.1. The molecule has 16 heavy (non-hydrogen) atoms. The summed E-state index contributed by atoms with van der Waals surface area (Å²) in [4.78, 5) is 10.9. The predicted molar refractivity (Wildman–Crippen MR) is 60.4 cm³/mol. The van der Waals surface area contributed by atoms with Crippen molar-refractivity contribution in [2.75, 3.05) is 19.0 Å². The molecule has 0 aromatic heterocycles. The van der Waals surface area contributed by atoms with Crippen LogP contribution in [0.3, 0.4) is 0 Å². The van der Waals surface area contributed by atoms with Crippen molar-refractivity contribution in [3.63, 3.8) is 0 Å². The van der Waals surface area contributed by atoms with Crippen LogP contribution in [0, 0.1) is 0 Å². The van der Waals surface area contributed by atoms with E-state index in [-0.39, 0.29) is 25.4 Å². The molecule has 0 rings (SSSR count). The van der Waals surface area contributed by atoms with Gasteiger partial charge in [0.25, 0.3) is 10.1 Å². The molecule has 0 unspecified atom stereocenters. The molecule has 0 atom stereocenters. The van der Waals surface area contributed by atoms with Gasteiger partial charge < -0.3 is 4.74 Å². The van der Waals surface area contributed by atoms with Gasteiger partial charge in [0.1, 0.15) is 0 Å². The lowest BCUT2D eigenvalue weighted by molar-refractivity contribution is -0.138. The van der Waals surface area contributed by atoms with Crippen molar-refractivity contribution in [3.8, 4) is 0 Å². The van der Waals surface area contributed by atoms with Gasteiger partial charge in [-0.25, -0.2) is 4.79 Å². The summed E-state index contributed by atoms with van der Waals surface area (Å²) < 4.78 is 31.8. The fourth-order valence-corrected chi connectivity index (χ4v) is 1.80. The van der Waals surface area contributed by atoms with E-state index in [1.807, 2.05) is 6.92 Å². The first kappa shape index (κ1) is 15.1. The number of hydrogen-bond donors (Lipinski definition) is 0. The molecule has 0 aromatic carbocycles. The van der Waals surface area contributed by atoms with E-state index in [1.54, 1.807) is 0 Å². The van der Waals surface area contributed by atoms with E-state index in [9.17, 15) is 13.2 Å². The number of ether oxygens (including phenoxy) is 1. The lowest BCUT2D eigenvalue weighted by Crippen LogP contribution is -2.14. The molecule has 0 radical (unpaired) electrons. The number of hydrogen-bond acceptors (Lipinski definition) is 5. The molecule has 0 aliphatic heterocycles.